The van der Waals surface area contributed by atoms with Gasteiger partial charge in [-0.05, 0) is 56.4 Å². The van der Waals surface area contributed by atoms with Gasteiger partial charge < -0.3 is 9.47 Å². The molecular formula is C24H30O5. The van der Waals surface area contributed by atoms with E-state index in [2.05, 4.69) is 19.9 Å². The number of esters is 2. The number of carbonyl (C=O) groups excluding carboxylic acids is 3. The molecule has 0 aromatic heterocycles. The van der Waals surface area contributed by atoms with Gasteiger partial charge in [0.2, 0.25) is 0 Å². The molecule has 0 unspecified atom stereocenters. The molecule has 0 aromatic rings. The second-order valence-corrected chi connectivity index (χ2v) is 10.2. The molecule has 5 heteroatoms. The Labute approximate surface area is 171 Å². The molecule has 6 atom stereocenters. The van der Waals surface area contributed by atoms with Crippen LogP contribution in [0.25, 0.3) is 0 Å². The summed E-state index contributed by atoms with van der Waals surface area (Å²) in [5.41, 5.74) is 1.72. The van der Waals surface area contributed by atoms with Gasteiger partial charge >= 0.3 is 11.9 Å². The molecule has 29 heavy (non-hydrogen) atoms. The van der Waals surface area contributed by atoms with Gasteiger partial charge in [-0.25, -0.2) is 0 Å². The largest absolute Gasteiger partial charge is 0.469 e. The number of rotatable bonds is 1. The van der Waals surface area contributed by atoms with Crippen molar-refractivity contribution in [2.24, 2.45) is 28.6 Å². The van der Waals surface area contributed by atoms with E-state index in [1.165, 1.54) is 12.7 Å². The average Bonchev–Trinajstić information content (AvgIpc) is 3.22. The summed E-state index contributed by atoms with van der Waals surface area (Å²) in [5.74, 6) is 0.00356. The summed E-state index contributed by atoms with van der Waals surface area (Å²) >= 11 is 0. The van der Waals surface area contributed by atoms with Crippen LogP contribution in [0.5, 0.6) is 0 Å². The first-order chi connectivity index (χ1) is 13.7. The maximum absolute atomic E-state index is 12.9. The van der Waals surface area contributed by atoms with Crippen LogP contribution >= 0.6 is 0 Å². The summed E-state index contributed by atoms with van der Waals surface area (Å²) < 4.78 is 11.2. The maximum atomic E-state index is 12.9. The molecule has 2 saturated carbocycles. The Balaban J connectivity index is 1.63. The molecule has 0 N–H and O–H groups in total. The second kappa shape index (κ2) is 6.05. The quantitative estimate of drug-likeness (QED) is 0.495. The monoisotopic (exact) mass is 398 g/mol. The van der Waals surface area contributed by atoms with Crippen LogP contribution in [0.3, 0.4) is 0 Å². The first-order valence-corrected chi connectivity index (χ1v) is 11.0. The van der Waals surface area contributed by atoms with Gasteiger partial charge in [-0.3, -0.25) is 14.4 Å². The van der Waals surface area contributed by atoms with Gasteiger partial charge in [-0.2, -0.15) is 0 Å². The summed E-state index contributed by atoms with van der Waals surface area (Å²) in [6, 6.07) is 0. The maximum Gasteiger partial charge on any atom is 0.309 e. The lowest BCUT2D eigenvalue weighted by molar-refractivity contribution is -0.163. The summed E-state index contributed by atoms with van der Waals surface area (Å²) in [6.45, 7) is 4.52. The lowest BCUT2D eigenvalue weighted by Crippen LogP contribution is -2.53. The molecule has 1 saturated heterocycles. The standard InChI is InChI=1S/C24H30O5/c1-22-8-4-15(25)12-14(22)13-16(21(27)28-3)20-17(22)5-9-23(2)18(20)6-10-24(23)11-7-19(26)29-24/h5,12,16,18,20H,4,6-11,13H2,1-3H3/t16-,18+,20-,22+,23+,24-/m1/s1. The molecular weight excluding hydrogens is 368 g/mol. The third-order valence-corrected chi connectivity index (χ3v) is 9.23. The van der Waals surface area contributed by atoms with E-state index >= 15 is 0 Å². The minimum Gasteiger partial charge on any atom is -0.469 e. The molecule has 0 bridgehead atoms. The minimum atomic E-state index is -0.392. The van der Waals surface area contributed by atoms with Gasteiger partial charge in [-0.15, -0.1) is 0 Å². The van der Waals surface area contributed by atoms with Crippen molar-refractivity contribution in [2.75, 3.05) is 7.11 Å². The molecule has 5 nitrogen and oxygen atoms in total. The molecule has 1 aliphatic heterocycles. The Hall–Kier alpha value is -1.91. The van der Waals surface area contributed by atoms with Crippen LogP contribution in [0, 0.1) is 28.6 Å². The lowest BCUT2D eigenvalue weighted by atomic mass is 9.48. The van der Waals surface area contributed by atoms with Crippen LogP contribution < -0.4 is 0 Å². The van der Waals surface area contributed by atoms with Crippen molar-refractivity contribution >= 4 is 17.7 Å². The van der Waals surface area contributed by atoms with E-state index < -0.39 is 5.60 Å². The molecule has 4 aliphatic carbocycles. The van der Waals surface area contributed by atoms with Gasteiger partial charge in [0.05, 0.1) is 13.0 Å². The fraction of sp³-hybridized carbons (Fsp3) is 0.708. The topological polar surface area (TPSA) is 69.7 Å². The average molecular weight is 398 g/mol. The van der Waals surface area contributed by atoms with Crippen molar-refractivity contribution in [1.82, 2.24) is 0 Å². The summed E-state index contributed by atoms with van der Waals surface area (Å²) in [7, 11) is 1.46. The van der Waals surface area contributed by atoms with Gasteiger partial charge in [-0.1, -0.05) is 31.1 Å². The number of allylic oxidation sites excluding steroid dienone is 4. The first kappa shape index (κ1) is 19.1. The third-order valence-electron chi connectivity index (χ3n) is 9.23. The molecule has 156 valence electrons. The van der Waals surface area contributed by atoms with E-state index in [0.717, 1.165) is 37.7 Å². The van der Waals surface area contributed by atoms with E-state index in [1.54, 1.807) is 6.08 Å². The lowest BCUT2D eigenvalue weighted by Gasteiger charge is -2.56. The van der Waals surface area contributed by atoms with E-state index in [9.17, 15) is 14.4 Å². The van der Waals surface area contributed by atoms with E-state index in [-0.39, 0.29) is 46.3 Å². The Morgan fingerprint density at radius 2 is 1.97 bits per heavy atom. The predicted molar refractivity (Wildman–Crippen MR) is 106 cm³/mol. The number of hydrogen-bond donors (Lipinski definition) is 0. The van der Waals surface area contributed by atoms with E-state index in [1.807, 2.05) is 0 Å². The zero-order valence-corrected chi connectivity index (χ0v) is 17.6. The molecule has 5 rings (SSSR count). The number of methoxy groups -OCH3 is 1. The highest BCUT2D eigenvalue weighted by Crippen LogP contribution is 2.69. The highest BCUT2D eigenvalue weighted by molar-refractivity contribution is 5.92. The summed E-state index contributed by atoms with van der Waals surface area (Å²) in [5, 5.41) is 0. The van der Waals surface area contributed by atoms with E-state index in [0.29, 0.717) is 19.3 Å². The molecule has 3 fully saturated rings. The molecule has 0 radical (unpaired) electrons. The summed E-state index contributed by atoms with van der Waals surface area (Å²) in [6.07, 6.45) is 10.1. The molecule has 5 aliphatic rings. The van der Waals surface area contributed by atoms with Crippen LogP contribution in [0.15, 0.2) is 23.3 Å². The number of fused-ring (bicyclic) bond motifs is 6. The van der Waals surface area contributed by atoms with Crippen molar-refractivity contribution in [3.05, 3.63) is 23.3 Å². The van der Waals surface area contributed by atoms with Crippen LogP contribution in [0.2, 0.25) is 0 Å². The van der Waals surface area contributed by atoms with Crippen molar-refractivity contribution in [3.63, 3.8) is 0 Å². The number of carbonyl (C=O) groups is 3. The van der Waals surface area contributed by atoms with Crippen molar-refractivity contribution in [2.45, 2.75) is 70.8 Å². The Kier molecular flexibility index (Phi) is 3.98. The highest BCUT2D eigenvalue weighted by Gasteiger charge is 2.67. The minimum absolute atomic E-state index is 0.0854. The van der Waals surface area contributed by atoms with Gasteiger partial charge in [0.1, 0.15) is 5.60 Å². The zero-order chi connectivity index (χ0) is 20.6. The molecule has 1 spiro atoms. The first-order valence-electron chi connectivity index (χ1n) is 11.0. The molecule has 1 heterocycles. The van der Waals surface area contributed by atoms with Crippen LogP contribution in [-0.2, 0) is 23.9 Å². The van der Waals surface area contributed by atoms with Crippen LogP contribution in [0.4, 0.5) is 0 Å². The van der Waals surface area contributed by atoms with Crippen molar-refractivity contribution < 1.29 is 23.9 Å². The zero-order valence-electron chi connectivity index (χ0n) is 17.6. The Bertz CT molecular complexity index is 868. The van der Waals surface area contributed by atoms with Gasteiger partial charge in [0.25, 0.3) is 0 Å². The normalized spacial score (nSPS) is 45.7. The third kappa shape index (κ3) is 2.36. The van der Waals surface area contributed by atoms with Crippen molar-refractivity contribution in [1.29, 1.82) is 0 Å². The van der Waals surface area contributed by atoms with Gasteiger partial charge in [0.15, 0.2) is 5.78 Å². The number of ketones is 1. The van der Waals surface area contributed by atoms with Crippen LogP contribution in [0.1, 0.15) is 65.2 Å². The molecule has 0 amide bonds. The number of ether oxygens (including phenoxy) is 2. The second-order valence-electron chi connectivity index (χ2n) is 10.2. The predicted octanol–water partition coefficient (Wildman–Crippen LogP) is 3.91. The Morgan fingerprint density at radius 3 is 2.66 bits per heavy atom. The van der Waals surface area contributed by atoms with Crippen molar-refractivity contribution in [3.8, 4) is 0 Å². The fourth-order valence-electron chi connectivity index (χ4n) is 7.53. The Morgan fingerprint density at radius 1 is 1.17 bits per heavy atom. The smallest absolute Gasteiger partial charge is 0.309 e. The van der Waals surface area contributed by atoms with Crippen LogP contribution in [-0.4, -0.2) is 30.4 Å². The van der Waals surface area contributed by atoms with Gasteiger partial charge in [0, 0.05) is 23.7 Å². The summed E-state index contributed by atoms with van der Waals surface area (Å²) in [4.78, 5) is 37.1. The highest BCUT2D eigenvalue weighted by atomic mass is 16.6. The molecule has 0 aromatic carbocycles. The fourth-order valence-corrected chi connectivity index (χ4v) is 7.53. The van der Waals surface area contributed by atoms with E-state index in [4.69, 9.17) is 9.47 Å². The SMILES string of the molecule is COC(=O)[C@@H]1CC2=CC(=O)CC[C@]2(C)C2=CC[C@@]3(C)[C@@H](CC[C@@]34CCC(=O)O4)[C@@H]21. The number of hydrogen-bond acceptors (Lipinski definition) is 5.